The van der Waals surface area contributed by atoms with Crippen molar-refractivity contribution in [2.45, 2.75) is 51.7 Å². The number of rotatable bonds is 4. The number of carbonyl (C=O) groups excluding carboxylic acids is 2. The molecule has 0 spiro atoms. The first kappa shape index (κ1) is 18.8. The molecule has 1 fully saturated rings. The highest BCUT2D eigenvalue weighted by Crippen LogP contribution is 2.37. The smallest absolute Gasteiger partial charge is 0.303 e. The van der Waals surface area contributed by atoms with E-state index in [-0.39, 0.29) is 5.82 Å². The molecule has 3 heterocycles. The number of carbonyl (C=O) groups is 2. The van der Waals surface area contributed by atoms with Gasteiger partial charge in [0.2, 0.25) is 0 Å². The third-order valence-corrected chi connectivity index (χ3v) is 4.76. The molecule has 3 rings (SSSR count). The van der Waals surface area contributed by atoms with Crippen LogP contribution in [0, 0.1) is 3.70 Å². The van der Waals surface area contributed by atoms with Gasteiger partial charge in [-0.3, -0.25) is 9.59 Å². The van der Waals surface area contributed by atoms with Crippen LogP contribution >= 0.6 is 22.6 Å². The van der Waals surface area contributed by atoms with Crippen molar-refractivity contribution in [2.24, 2.45) is 0 Å². The van der Waals surface area contributed by atoms with Crippen LogP contribution in [0.3, 0.4) is 0 Å². The molecule has 26 heavy (non-hydrogen) atoms. The summed E-state index contributed by atoms with van der Waals surface area (Å²) in [6.07, 6.45) is -1.00. The largest absolute Gasteiger partial charge is 0.456 e. The maximum Gasteiger partial charge on any atom is 0.303 e. The summed E-state index contributed by atoms with van der Waals surface area (Å²) in [6.45, 7) is 4.47. The van der Waals surface area contributed by atoms with Gasteiger partial charge in [-0.15, -0.1) is 0 Å². The van der Waals surface area contributed by atoms with Gasteiger partial charge in [0.15, 0.2) is 24.1 Å². The molecule has 0 bridgehead atoms. The molecule has 10 nitrogen and oxygen atoms in total. The second-order valence-electron chi connectivity index (χ2n) is 5.81. The maximum atomic E-state index is 11.6. The fourth-order valence-electron chi connectivity index (χ4n) is 3.02. The van der Waals surface area contributed by atoms with Gasteiger partial charge in [-0.25, -0.2) is 14.6 Å². The minimum absolute atomic E-state index is 0.288. The lowest BCUT2D eigenvalue weighted by molar-refractivity contribution is -0.165. The predicted octanol–water partition coefficient (Wildman–Crippen LogP) is 1.18. The van der Waals surface area contributed by atoms with E-state index in [9.17, 15) is 9.59 Å². The summed E-state index contributed by atoms with van der Waals surface area (Å²) >= 11 is 2.02. The zero-order chi connectivity index (χ0) is 19.0. The number of nitrogens with two attached hydrogens (primary N) is 1. The van der Waals surface area contributed by atoms with Gasteiger partial charge >= 0.3 is 11.9 Å². The van der Waals surface area contributed by atoms with Gasteiger partial charge in [-0.2, -0.15) is 5.10 Å². The average Bonchev–Trinajstić information content (AvgIpc) is 3.06. The number of nitrogens with zero attached hydrogens (tertiary/aromatic N) is 4. The van der Waals surface area contributed by atoms with Crippen molar-refractivity contribution >= 4 is 51.4 Å². The zero-order valence-electron chi connectivity index (χ0n) is 14.4. The molecule has 0 aliphatic carbocycles. The summed E-state index contributed by atoms with van der Waals surface area (Å²) in [4.78, 5) is 31.4. The third kappa shape index (κ3) is 3.32. The predicted molar refractivity (Wildman–Crippen MR) is 97.8 cm³/mol. The topological polar surface area (TPSA) is 131 Å². The normalized spacial score (nSPS) is 25.4. The summed E-state index contributed by atoms with van der Waals surface area (Å²) < 4.78 is 18.9. The molecule has 2 aromatic heterocycles. The SMILES string of the molecule is CC[C@H]1O[C@@H](n2nc(I)c3c(N)ncnc32)[C@H](OC(C)=O)[C@@H]1OC(C)=O. The second-order valence-corrected chi connectivity index (χ2v) is 6.84. The Hall–Kier alpha value is -2.02. The molecule has 140 valence electrons. The van der Waals surface area contributed by atoms with Crippen molar-refractivity contribution < 1.29 is 23.8 Å². The van der Waals surface area contributed by atoms with Gasteiger partial charge in [0.25, 0.3) is 0 Å². The van der Waals surface area contributed by atoms with E-state index >= 15 is 0 Å². The van der Waals surface area contributed by atoms with Crippen LogP contribution in [-0.2, 0) is 23.8 Å². The highest BCUT2D eigenvalue weighted by molar-refractivity contribution is 14.1. The Morgan fingerprint density at radius 2 is 1.92 bits per heavy atom. The number of hydrogen-bond acceptors (Lipinski definition) is 9. The van der Waals surface area contributed by atoms with Gasteiger partial charge in [0, 0.05) is 13.8 Å². The molecule has 0 unspecified atom stereocenters. The first-order valence-electron chi connectivity index (χ1n) is 7.97. The molecule has 0 amide bonds. The van der Waals surface area contributed by atoms with Crippen LogP contribution in [0.15, 0.2) is 6.33 Å². The Morgan fingerprint density at radius 1 is 1.27 bits per heavy atom. The van der Waals surface area contributed by atoms with Crippen LogP contribution in [-0.4, -0.2) is 50.0 Å². The molecule has 2 N–H and O–H groups in total. The summed E-state index contributed by atoms with van der Waals surface area (Å²) in [6, 6.07) is 0. The van der Waals surface area contributed by atoms with E-state index in [1.54, 1.807) is 0 Å². The average molecular weight is 475 g/mol. The van der Waals surface area contributed by atoms with Crippen molar-refractivity contribution in [3.63, 3.8) is 0 Å². The minimum atomic E-state index is -0.864. The van der Waals surface area contributed by atoms with Crippen LogP contribution in [0.1, 0.15) is 33.4 Å². The molecule has 2 aromatic rings. The van der Waals surface area contributed by atoms with Gasteiger partial charge < -0.3 is 19.9 Å². The monoisotopic (exact) mass is 475 g/mol. The molecule has 1 saturated heterocycles. The van der Waals surface area contributed by atoms with Crippen LogP contribution in [0.2, 0.25) is 0 Å². The standard InChI is InChI=1S/C15H18IN5O5/c1-4-8-10(24-6(2)22)11(25-7(3)23)15(26-8)21-14-9(12(16)20-21)13(17)18-5-19-14/h5,8,10-11,15H,4H2,1-3H3,(H2,17,18,19)/t8-,10-,11-,15-/m1/s1. The van der Waals surface area contributed by atoms with Crippen LogP contribution in [0.4, 0.5) is 5.82 Å². The van der Waals surface area contributed by atoms with Crippen LogP contribution < -0.4 is 5.73 Å². The Labute approximate surface area is 162 Å². The highest BCUT2D eigenvalue weighted by atomic mass is 127. The fraction of sp³-hybridized carbons (Fsp3) is 0.533. The van der Waals surface area contributed by atoms with Crippen molar-refractivity contribution in [3.8, 4) is 0 Å². The van der Waals surface area contributed by atoms with E-state index in [0.717, 1.165) is 0 Å². The summed E-state index contributed by atoms with van der Waals surface area (Å²) in [5.41, 5.74) is 6.37. The number of fused-ring (bicyclic) bond motifs is 1. The second kappa shape index (κ2) is 7.31. The lowest BCUT2D eigenvalue weighted by atomic mass is 10.1. The number of hydrogen-bond donors (Lipinski definition) is 1. The van der Waals surface area contributed by atoms with Crippen molar-refractivity contribution in [2.75, 3.05) is 5.73 Å². The van der Waals surface area contributed by atoms with E-state index < -0.39 is 36.5 Å². The Kier molecular flexibility index (Phi) is 5.27. The first-order chi connectivity index (χ1) is 12.3. The number of nitrogen functional groups attached to an aromatic ring is 1. The third-order valence-electron chi connectivity index (χ3n) is 4.01. The molecular formula is C15H18IN5O5. The lowest BCUT2D eigenvalue weighted by Gasteiger charge is -2.23. The molecule has 0 saturated carbocycles. The molecule has 0 aromatic carbocycles. The van der Waals surface area contributed by atoms with Gasteiger partial charge in [-0.05, 0) is 29.0 Å². The molecule has 11 heteroatoms. The Morgan fingerprint density at radius 3 is 2.54 bits per heavy atom. The number of ether oxygens (including phenoxy) is 3. The number of esters is 2. The van der Waals surface area contributed by atoms with E-state index in [2.05, 4.69) is 15.1 Å². The van der Waals surface area contributed by atoms with Crippen molar-refractivity contribution in [1.82, 2.24) is 19.7 Å². The maximum absolute atomic E-state index is 11.6. The number of halogens is 1. The summed E-state index contributed by atoms with van der Waals surface area (Å²) in [7, 11) is 0. The quantitative estimate of drug-likeness (QED) is 0.512. The van der Waals surface area contributed by atoms with Gasteiger partial charge in [0.1, 0.15) is 21.9 Å². The van der Waals surface area contributed by atoms with Gasteiger partial charge in [0.05, 0.1) is 5.39 Å². The van der Waals surface area contributed by atoms with Crippen LogP contribution in [0.5, 0.6) is 0 Å². The lowest BCUT2D eigenvalue weighted by Crippen LogP contribution is -2.38. The molecule has 1 aliphatic rings. The van der Waals surface area contributed by atoms with E-state index in [1.165, 1.54) is 24.9 Å². The number of aromatic nitrogens is 4. The molecular weight excluding hydrogens is 457 g/mol. The summed E-state index contributed by atoms with van der Waals surface area (Å²) in [5, 5.41) is 5.02. The minimum Gasteiger partial charge on any atom is -0.456 e. The van der Waals surface area contributed by atoms with Gasteiger partial charge in [-0.1, -0.05) is 6.92 Å². The molecule has 1 aliphatic heterocycles. The van der Waals surface area contributed by atoms with E-state index in [4.69, 9.17) is 19.9 Å². The highest BCUT2D eigenvalue weighted by Gasteiger charge is 2.50. The van der Waals surface area contributed by atoms with Crippen molar-refractivity contribution in [3.05, 3.63) is 10.0 Å². The molecule has 0 radical (unpaired) electrons. The van der Waals surface area contributed by atoms with Crippen molar-refractivity contribution in [1.29, 1.82) is 0 Å². The first-order valence-corrected chi connectivity index (χ1v) is 9.05. The Bertz CT molecular complexity index is 856. The zero-order valence-corrected chi connectivity index (χ0v) is 16.5. The summed E-state index contributed by atoms with van der Waals surface area (Å²) in [5.74, 6) is -0.713. The number of anilines is 1. The van der Waals surface area contributed by atoms with E-state index in [1.807, 2.05) is 29.5 Å². The molecule has 4 atom stereocenters. The van der Waals surface area contributed by atoms with Crippen LogP contribution in [0.25, 0.3) is 11.0 Å². The van der Waals surface area contributed by atoms with E-state index in [0.29, 0.717) is 21.2 Å². The Balaban J connectivity index is 2.09. The fourth-order valence-corrected chi connectivity index (χ4v) is 3.77.